The Morgan fingerprint density at radius 3 is 2.38 bits per heavy atom. The molecule has 1 unspecified atom stereocenters. The lowest BCUT2D eigenvalue weighted by molar-refractivity contribution is 0.182. The monoisotopic (exact) mass is 345 g/mol. The maximum absolute atomic E-state index is 12.2. The minimum absolute atomic E-state index is 0.0409. The predicted molar refractivity (Wildman–Crippen MR) is 83.1 cm³/mol. The van der Waals surface area contributed by atoms with Crippen LogP contribution >= 0.6 is 23.2 Å². The van der Waals surface area contributed by atoms with Crippen LogP contribution in [-0.4, -0.2) is 20.1 Å². The number of aliphatic hydroxyl groups is 1. The van der Waals surface area contributed by atoms with Crippen molar-refractivity contribution in [3.8, 4) is 0 Å². The second-order valence-electron chi connectivity index (χ2n) is 4.33. The number of aliphatic hydroxyl groups excluding tert-OH is 1. The summed E-state index contributed by atoms with van der Waals surface area (Å²) >= 11 is 11.7. The van der Waals surface area contributed by atoms with Crippen LogP contribution < -0.4 is 4.72 Å². The molecule has 7 heteroatoms. The van der Waals surface area contributed by atoms with Crippen LogP contribution in [0.15, 0.2) is 53.4 Å². The topological polar surface area (TPSA) is 66.4 Å². The average Bonchev–Trinajstić information content (AvgIpc) is 2.48. The minimum Gasteiger partial charge on any atom is -0.387 e. The zero-order valence-electron chi connectivity index (χ0n) is 10.8. The summed E-state index contributed by atoms with van der Waals surface area (Å²) < 4.78 is 26.7. The Kier molecular flexibility index (Phi) is 5.24. The number of hydrogen-bond donors (Lipinski definition) is 2. The highest BCUT2D eigenvalue weighted by Crippen LogP contribution is 2.28. The Morgan fingerprint density at radius 2 is 1.71 bits per heavy atom. The molecule has 0 aliphatic rings. The van der Waals surface area contributed by atoms with E-state index in [4.69, 9.17) is 23.2 Å². The molecule has 0 aromatic heterocycles. The number of benzene rings is 2. The van der Waals surface area contributed by atoms with Crippen LogP contribution in [0.5, 0.6) is 0 Å². The Hall–Kier alpha value is -1.11. The van der Waals surface area contributed by atoms with Crippen LogP contribution in [0, 0.1) is 0 Å². The molecule has 0 radical (unpaired) electrons. The third kappa shape index (κ3) is 3.96. The van der Waals surface area contributed by atoms with Crippen LogP contribution in [0.25, 0.3) is 0 Å². The number of rotatable bonds is 5. The molecule has 0 bridgehead atoms. The van der Waals surface area contributed by atoms with Crippen LogP contribution in [-0.2, 0) is 10.0 Å². The normalized spacial score (nSPS) is 13.1. The van der Waals surface area contributed by atoms with Gasteiger partial charge in [-0.3, -0.25) is 0 Å². The molecule has 0 saturated carbocycles. The molecular formula is C14H13Cl2NO3S. The first kappa shape index (κ1) is 16.3. The van der Waals surface area contributed by atoms with E-state index in [2.05, 4.69) is 4.72 Å². The molecule has 0 aliphatic carbocycles. The fourth-order valence-corrected chi connectivity index (χ4v) is 3.55. The number of nitrogens with one attached hydrogen (secondary N) is 1. The molecule has 2 aromatic carbocycles. The van der Waals surface area contributed by atoms with E-state index >= 15 is 0 Å². The molecule has 0 saturated heterocycles. The van der Waals surface area contributed by atoms with Gasteiger partial charge in [-0.15, -0.1) is 0 Å². The van der Waals surface area contributed by atoms with Gasteiger partial charge < -0.3 is 5.11 Å². The molecule has 4 nitrogen and oxygen atoms in total. The Bertz CT molecular complexity index is 720. The summed E-state index contributed by atoms with van der Waals surface area (Å²) in [5.41, 5.74) is 0.623. The molecule has 1 atom stereocenters. The summed E-state index contributed by atoms with van der Waals surface area (Å²) in [6.07, 6.45) is -0.945. The molecule has 0 aliphatic heterocycles. The summed E-state index contributed by atoms with van der Waals surface area (Å²) in [5, 5.41) is 10.1. The van der Waals surface area contributed by atoms with Crippen molar-refractivity contribution in [3.05, 3.63) is 64.1 Å². The zero-order chi connectivity index (χ0) is 15.5. The largest absolute Gasteiger partial charge is 0.387 e. The average molecular weight is 346 g/mol. The van der Waals surface area contributed by atoms with E-state index in [9.17, 15) is 13.5 Å². The molecule has 0 fully saturated rings. The third-order valence-corrected chi connectivity index (χ3v) is 5.25. The second-order valence-corrected chi connectivity index (χ2v) is 6.85. The SMILES string of the molecule is O=S(=O)(NCC(O)c1ccccc1)c1cccc(Cl)c1Cl. The molecule has 0 amide bonds. The van der Waals surface area contributed by atoms with Crippen LogP contribution in [0.4, 0.5) is 0 Å². The Labute approximate surface area is 133 Å². The van der Waals surface area contributed by atoms with Gasteiger partial charge in [-0.2, -0.15) is 0 Å². The van der Waals surface area contributed by atoms with Crippen LogP contribution in [0.2, 0.25) is 10.0 Å². The van der Waals surface area contributed by atoms with Gasteiger partial charge in [-0.1, -0.05) is 59.6 Å². The fourth-order valence-electron chi connectivity index (χ4n) is 1.75. The van der Waals surface area contributed by atoms with E-state index in [0.717, 1.165) is 0 Å². The first-order valence-corrected chi connectivity index (χ1v) is 8.32. The third-order valence-electron chi connectivity index (χ3n) is 2.86. The lowest BCUT2D eigenvalue weighted by atomic mass is 10.1. The Balaban J connectivity index is 2.14. The van der Waals surface area contributed by atoms with Gasteiger partial charge in [0.15, 0.2) is 0 Å². The number of hydrogen-bond acceptors (Lipinski definition) is 3. The summed E-state index contributed by atoms with van der Waals surface area (Å²) in [4.78, 5) is -0.114. The summed E-state index contributed by atoms with van der Waals surface area (Å²) in [6.45, 7) is -0.158. The number of halogens is 2. The summed E-state index contributed by atoms with van der Waals surface area (Å²) in [5.74, 6) is 0. The quantitative estimate of drug-likeness (QED) is 0.875. The molecule has 112 valence electrons. The number of sulfonamides is 1. The van der Waals surface area contributed by atoms with E-state index in [1.165, 1.54) is 18.2 Å². The van der Waals surface area contributed by atoms with Crippen molar-refractivity contribution in [1.82, 2.24) is 4.72 Å². The molecular weight excluding hydrogens is 333 g/mol. The van der Waals surface area contributed by atoms with Gasteiger partial charge in [-0.05, 0) is 17.7 Å². The van der Waals surface area contributed by atoms with Gasteiger partial charge in [0.1, 0.15) is 4.90 Å². The van der Waals surface area contributed by atoms with E-state index in [0.29, 0.717) is 5.56 Å². The van der Waals surface area contributed by atoms with Crippen LogP contribution in [0.3, 0.4) is 0 Å². The lowest BCUT2D eigenvalue weighted by Gasteiger charge is -2.13. The van der Waals surface area contributed by atoms with Crippen LogP contribution in [0.1, 0.15) is 11.7 Å². The van der Waals surface area contributed by atoms with Crippen molar-refractivity contribution >= 4 is 33.2 Å². The highest BCUT2D eigenvalue weighted by atomic mass is 35.5. The Morgan fingerprint density at radius 1 is 1.05 bits per heavy atom. The highest BCUT2D eigenvalue weighted by molar-refractivity contribution is 7.89. The van der Waals surface area contributed by atoms with E-state index in [1.54, 1.807) is 24.3 Å². The maximum Gasteiger partial charge on any atom is 0.242 e. The van der Waals surface area contributed by atoms with E-state index in [1.807, 2.05) is 6.07 Å². The van der Waals surface area contributed by atoms with Crippen molar-refractivity contribution in [3.63, 3.8) is 0 Å². The first-order chi connectivity index (χ1) is 9.92. The standard InChI is InChI=1S/C14H13Cl2NO3S/c15-11-7-4-8-13(14(11)16)21(19,20)17-9-12(18)10-5-2-1-3-6-10/h1-8,12,17-18H,9H2. The van der Waals surface area contributed by atoms with Gasteiger partial charge in [0, 0.05) is 6.54 Å². The molecule has 2 aromatic rings. The zero-order valence-corrected chi connectivity index (χ0v) is 13.2. The molecule has 0 heterocycles. The van der Waals surface area contributed by atoms with Crippen molar-refractivity contribution < 1.29 is 13.5 Å². The van der Waals surface area contributed by atoms with Gasteiger partial charge in [0.2, 0.25) is 10.0 Å². The van der Waals surface area contributed by atoms with Crippen molar-refractivity contribution in [2.24, 2.45) is 0 Å². The van der Waals surface area contributed by atoms with E-state index < -0.39 is 16.1 Å². The highest BCUT2D eigenvalue weighted by Gasteiger charge is 2.20. The fraction of sp³-hybridized carbons (Fsp3) is 0.143. The van der Waals surface area contributed by atoms with Crippen molar-refractivity contribution in [1.29, 1.82) is 0 Å². The molecule has 2 rings (SSSR count). The van der Waals surface area contributed by atoms with E-state index in [-0.39, 0.29) is 21.5 Å². The summed E-state index contributed by atoms with van der Waals surface area (Å²) in [6, 6.07) is 13.1. The van der Waals surface area contributed by atoms with Crippen molar-refractivity contribution in [2.75, 3.05) is 6.54 Å². The van der Waals surface area contributed by atoms with Gasteiger partial charge in [0.25, 0.3) is 0 Å². The smallest absolute Gasteiger partial charge is 0.242 e. The van der Waals surface area contributed by atoms with Gasteiger partial charge >= 0.3 is 0 Å². The first-order valence-electron chi connectivity index (χ1n) is 6.08. The lowest BCUT2D eigenvalue weighted by Crippen LogP contribution is -2.28. The molecule has 2 N–H and O–H groups in total. The maximum atomic E-state index is 12.2. The van der Waals surface area contributed by atoms with Gasteiger partial charge in [-0.25, -0.2) is 13.1 Å². The molecule has 21 heavy (non-hydrogen) atoms. The van der Waals surface area contributed by atoms with Crippen molar-refractivity contribution in [2.45, 2.75) is 11.0 Å². The van der Waals surface area contributed by atoms with Gasteiger partial charge in [0.05, 0.1) is 16.1 Å². The minimum atomic E-state index is -3.84. The molecule has 0 spiro atoms. The second kappa shape index (κ2) is 6.77. The predicted octanol–water partition coefficient (Wildman–Crippen LogP) is 3.01. The summed E-state index contributed by atoms with van der Waals surface area (Å²) in [7, 11) is -3.84.